The van der Waals surface area contributed by atoms with Crippen LogP contribution in [0.25, 0.3) is 0 Å². The second-order valence-corrected chi connectivity index (χ2v) is 6.78. The maximum absolute atomic E-state index is 13.3. The molecular formula is C23H18FNO5. The summed E-state index contributed by atoms with van der Waals surface area (Å²) in [6.07, 6.45) is -2.19. The van der Waals surface area contributed by atoms with E-state index in [-0.39, 0.29) is 0 Å². The Labute approximate surface area is 172 Å². The van der Waals surface area contributed by atoms with Gasteiger partial charge >= 0.3 is 12.1 Å². The van der Waals surface area contributed by atoms with Crippen LogP contribution in [-0.2, 0) is 16.1 Å². The number of ether oxygens (including phenoxy) is 2. The predicted molar refractivity (Wildman–Crippen MR) is 107 cm³/mol. The number of carbonyl (C=O) groups excluding carboxylic acids is 1. The van der Waals surface area contributed by atoms with Crippen molar-refractivity contribution >= 4 is 17.7 Å². The van der Waals surface area contributed by atoms with Gasteiger partial charge in [-0.1, -0.05) is 42.5 Å². The molecule has 0 unspecified atom stereocenters. The Hall–Kier alpha value is -3.87. The fourth-order valence-electron chi connectivity index (χ4n) is 3.36. The fourth-order valence-corrected chi connectivity index (χ4v) is 3.36. The van der Waals surface area contributed by atoms with Gasteiger partial charge in [0, 0.05) is 5.69 Å². The van der Waals surface area contributed by atoms with E-state index in [4.69, 9.17) is 9.47 Å². The molecule has 1 aliphatic rings. The number of cyclic esters (lactones) is 1. The summed E-state index contributed by atoms with van der Waals surface area (Å²) in [6, 6.07) is 20.8. The van der Waals surface area contributed by atoms with Gasteiger partial charge in [-0.05, 0) is 47.5 Å². The lowest BCUT2D eigenvalue weighted by Gasteiger charge is -2.24. The summed E-state index contributed by atoms with van der Waals surface area (Å²) in [5.41, 5.74) is 1.92. The first-order valence-corrected chi connectivity index (χ1v) is 9.28. The van der Waals surface area contributed by atoms with Crippen molar-refractivity contribution in [2.45, 2.75) is 18.8 Å². The molecule has 7 heteroatoms. The van der Waals surface area contributed by atoms with E-state index in [0.717, 1.165) is 5.56 Å². The summed E-state index contributed by atoms with van der Waals surface area (Å²) in [5, 5.41) is 9.55. The van der Waals surface area contributed by atoms with Crippen LogP contribution in [0.3, 0.4) is 0 Å². The zero-order valence-electron chi connectivity index (χ0n) is 15.8. The summed E-state index contributed by atoms with van der Waals surface area (Å²) in [5.74, 6) is -1.12. The molecule has 0 radical (unpaired) electrons. The summed E-state index contributed by atoms with van der Waals surface area (Å²) >= 11 is 0. The van der Waals surface area contributed by atoms with Gasteiger partial charge < -0.3 is 14.6 Å². The molecule has 1 fully saturated rings. The Morgan fingerprint density at radius 1 is 1.00 bits per heavy atom. The van der Waals surface area contributed by atoms with Crippen LogP contribution in [0.2, 0.25) is 0 Å². The summed E-state index contributed by atoms with van der Waals surface area (Å²) < 4.78 is 24.1. The van der Waals surface area contributed by atoms with Crippen LogP contribution < -0.4 is 9.64 Å². The number of carbonyl (C=O) groups is 2. The zero-order valence-corrected chi connectivity index (χ0v) is 15.8. The topological polar surface area (TPSA) is 76.1 Å². The smallest absolute Gasteiger partial charge is 0.415 e. The number of carboxylic acid groups (broad SMARTS) is 1. The summed E-state index contributed by atoms with van der Waals surface area (Å²) in [7, 11) is 0. The molecule has 1 aliphatic heterocycles. The third-order valence-electron chi connectivity index (χ3n) is 4.81. The van der Waals surface area contributed by atoms with Gasteiger partial charge in [-0.15, -0.1) is 0 Å². The fraction of sp³-hybridized carbons (Fsp3) is 0.130. The van der Waals surface area contributed by atoms with E-state index in [1.54, 1.807) is 24.3 Å². The molecular weight excluding hydrogens is 389 g/mol. The van der Waals surface area contributed by atoms with Gasteiger partial charge in [0.05, 0.1) is 0 Å². The molecule has 0 bridgehead atoms. The minimum absolute atomic E-state index is 0.347. The van der Waals surface area contributed by atoms with Crippen LogP contribution in [0.5, 0.6) is 5.75 Å². The van der Waals surface area contributed by atoms with Crippen LogP contribution in [0.15, 0.2) is 78.9 Å². The van der Waals surface area contributed by atoms with Gasteiger partial charge in [-0.3, -0.25) is 4.90 Å². The Bertz CT molecular complexity index is 1040. The number of hydrogen-bond acceptors (Lipinski definition) is 4. The van der Waals surface area contributed by atoms with Crippen molar-refractivity contribution in [2.75, 3.05) is 4.90 Å². The van der Waals surface area contributed by atoms with Gasteiger partial charge in [-0.25, -0.2) is 14.0 Å². The third kappa shape index (κ3) is 3.96. The molecule has 4 rings (SSSR count). The molecule has 6 nitrogen and oxygen atoms in total. The quantitative estimate of drug-likeness (QED) is 0.649. The second-order valence-electron chi connectivity index (χ2n) is 6.78. The Morgan fingerprint density at radius 2 is 1.67 bits per heavy atom. The normalized spacial score (nSPS) is 18.2. The van der Waals surface area contributed by atoms with Crippen molar-refractivity contribution in [1.29, 1.82) is 0 Å². The maximum Gasteiger partial charge on any atom is 0.415 e. The molecule has 1 saturated heterocycles. The first kappa shape index (κ1) is 19.4. The number of hydrogen-bond donors (Lipinski definition) is 1. The van der Waals surface area contributed by atoms with Gasteiger partial charge in [0.2, 0.25) is 6.10 Å². The number of amides is 1. The lowest BCUT2D eigenvalue weighted by molar-refractivity contribution is -0.145. The van der Waals surface area contributed by atoms with E-state index in [2.05, 4.69) is 0 Å². The molecule has 2 atom stereocenters. The number of rotatable bonds is 6. The maximum atomic E-state index is 13.3. The average Bonchev–Trinajstić information content (AvgIpc) is 3.11. The number of anilines is 1. The Morgan fingerprint density at radius 3 is 2.30 bits per heavy atom. The van der Waals surface area contributed by atoms with Crippen molar-refractivity contribution in [3.8, 4) is 5.75 Å². The number of nitrogens with zero attached hydrogens (tertiary/aromatic N) is 1. The van der Waals surface area contributed by atoms with Crippen molar-refractivity contribution in [2.24, 2.45) is 0 Å². The highest BCUT2D eigenvalue weighted by Crippen LogP contribution is 2.38. The van der Waals surface area contributed by atoms with Crippen molar-refractivity contribution in [3.05, 3.63) is 95.8 Å². The summed E-state index contributed by atoms with van der Waals surface area (Å²) in [6.45, 7) is 0.394. The summed E-state index contributed by atoms with van der Waals surface area (Å²) in [4.78, 5) is 25.3. The van der Waals surface area contributed by atoms with Gasteiger partial charge in [0.1, 0.15) is 24.2 Å². The van der Waals surface area contributed by atoms with Gasteiger partial charge in [-0.2, -0.15) is 0 Å². The SMILES string of the molecule is O=C(O)[C@H]1OC(=O)N(c2ccc(F)cc2)[C@@H]1c1ccc(OCc2ccccc2)cc1. The van der Waals surface area contributed by atoms with Crippen LogP contribution in [0.1, 0.15) is 17.2 Å². The molecule has 0 spiro atoms. The van der Waals surface area contributed by atoms with Crippen LogP contribution in [-0.4, -0.2) is 23.3 Å². The highest BCUT2D eigenvalue weighted by Gasteiger charge is 2.47. The van der Waals surface area contributed by atoms with E-state index in [0.29, 0.717) is 23.6 Å². The Balaban J connectivity index is 1.59. The zero-order chi connectivity index (χ0) is 21.1. The first-order valence-electron chi connectivity index (χ1n) is 9.28. The molecule has 0 saturated carbocycles. The van der Waals surface area contributed by atoms with E-state index in [1.807, 2.05) is 30.3 Å². The largest absolute Gasteiger partial charge is 0.489 e. The van der Waals surface area contributed by atoms with Gasteiger partial charge in [0.25, 0.3) is 0 Å². The number of aliphatic carboxylic acids is 1. The molecule has 1 N–H and O–H groups in total. The van der Waals surface area contributed by atoms with E-state index >= 15 is 0 Å². The standard InChI is InChI=1S/C23H18FNO5/c24-17-8-10-18(11-9-17)25-20(21(22(26)27)30-23(25)28)16-6-12-19(13-7-16)29-14-15-4-2-1-3-5-15/h1-13,20-21H,14H2,(H,26,27)/t20-,21+/m1/s1. The molecule has 30 heavy (non-hydrogen) atoms. The number of halogens is 1. The lowest BCUT2D eigenvalue weighted by Crippen LogP contribution is -2.32. The van der Waals surface area contributed by atoms with Gasteiger partial charge in [0.15, 0.2) is 0 Å². The predicted octanol–water partition coefficient (Wildman–Crippen LogP) is 4.56. The van der Waals surface area contributed by atoms with Crippen molar-refractivity contribution in [3.63, 3.8) is 0 Å². The van der Waals surface area contributed by atoms with Crippen LogP contribution >= 0.6 is 0 Å². The van der Waals surface area contributed by atoms with E-state index < -0.39 is 30.0 Å². The highest BCUT2D eigenvalue weighted by atomic mass is 19.1. The third-order valence-corrected chi connectivity index (χ3v) is 4.81. The molecule has 1 heterocycles. The number of carboxylic acids is 1. The first-order chi connectivity index (χ1) is 14.5. The van der Waals surface area contributed by atoms with Crippen molar-refractivity contribution < 1.29 is 28.6 Å². The second kappa shape index (κ2) is 8.24. The molecule has 152 valence electrons. The average molecular weight is 407 g/mol. The van der Waals surface area contributed by atoms with Crippen molar-refractivity contribution in [1.82, 2.24) is 0 Å². The molecule has 3 aromatic carbocycles. The van der Waals surface area contributed by atoms with E-state index in [9.17, 15) is 19.1 Å². The Kier molecular flexibility index (Phi) is 5.34. The molecule has 0 aromatic heterocycles. The monoisotopic (exact) mass is 407 g/mol. The molecule has 1 amide bonds. The highest BCUT2D eigenvalue weighted by molar-refractivity contribution is 5.95. The lowest BCUT2D eigenvalue weighted by atomic mass is 10.00. The minimum atomic E-state index is -1.39. The molecule has 0 aliphatic carbocycles. The van der Waals surface area contributed by atoms with Crippen LogP contribution in [0, 0.1) is 5.82 Å². The number of benzene rings is 3. The molecule has 3 aromatic rings. The van der Waals surface area contributed by atoms with E-state index in [1.165, 1.54) is 29.2 Å². The van der Waals surface area contributed by atoms with Crippen LogP contribution in [0.4, 0.5) is 14.9 Å². The minimum Gasteiger partial charge on any atom is -0.489 e.